The summed E-state index contributed by atoms with van der Waals surface area (Å²) in [6, 6.07) is 5.23. The number of imide groups is 2. The molecule has 3 aliphatic rings. The minimum Gasteiger partial charge on any atom is -0.443 e. The lowest BCUT2D eigenvalue weighted by atomic mass is 10.0. The first-order valence-electron chi connectivity index (χ1n) is 9.04. The average Bonchev–Trinajstić information content (AvgIpc) is 3.31. The zero-order valence-corrected chi connectivity index (χ0v) is 15.0. The number of esters is 1. The van der Waals surface area contributed by atoms with Crippen LogP contribution in [0.5, 0.6) is 0 Å². The molecule has 0 aromatic heterocycles. The van der Waals surface area contributed by atoms with Crippen molar-refractivity contribution in [2.24, 2.45) is 5.92 Å². The van der Waals surface area contributed by atoms with E-state index in [2.05, 4.69) is 0 Å². The molecule has 4 rings (SSSR count). The number of fused-ring (bicyclic) bond motifs is 1. The Kier molecular flexibility index (Phi) is 4.68. The predicted molar refractivity (Wildman–Crippen MR) is 91.7 cm³/mol. The molecule has 2 unspecified atom stereocenters. The summed E-state index contributed by atoms with van der Waals surface area (Å²) in [5, 5.41) is 0. The van der Waals surface area contributed by atoms with Gasteiger partial charge in [-0.3, -0.25) is 28.9 Å². The van der Waals surface area contributed by atoms with Gasteiger partial charge in [-0.25, -0.2) is 4.90 Å². The van der Waals surface area contributed by atoms with Gasteiger partial charge in [0.15, 0.2) is 6.73 Å². The fraction of sp³-hybridized carbons (Fsp3) is 0.421. The number of carbonyl (C=O) groups is 5. The fourth-order valence-corrected chi connectivity index (χ4v) is 3.65. The maximum Gasteiger partial charge on any atom is 0.313 e. The van der Waals surface area contributed by atoms with Gasteiger partial charge in [0.25, 0.3) is 17.7 Å². The summed E-state index contributed by atoms with van der Waals surface area (Å²) in [5.41, 5.74) is 0.466. The van der Waals surface area contributed by atoms with Gasteiger partial charge in [-0.2, -0.15) is 0 Å². The predicted octanol–water partition coefficient (Wildman–Crippen LogP) is 0.337. The monoisotopic (exact) mass is 386 g/mol. The van der Waals surface area contributed by atoms with E-state index in [1.165, 1.54) is 12.1 Å². The van der Waals surface area contributed by atoms with Crippen LogP contribution in [0.4, 0.5) is 0 Å². The SMILES string of the molecule is O=C(OCN1C(=O)CCC(N2C(=O)c3ccccc3C2=O)C1=O)C1CCOC1. The van der Waals surface area contributed by atoms with E-state index in [9.17, 15) is 24.0 Å². The number of benzene rings is 1. The van der Waals surface area contributed by atoms with Crippen LogP contribution in [0.3, 0.4) is 0 Å². The molecule has 0 spiro atoms. The van der Waals surface area contributed by atoms with Gasteiger partial charge in [0, 0.05) is 13.0 Å². The van der Waals surface area contributed by atoms with E-state index < -0.39 is 48.3 Å². The number of hydrogen-bond donors (Lipinski definition) is 0. The van der Waals surface area contributed by atoms with Crippen LogP contribution in [0.2, 0.25) is 0 Å². The first-order valence-corrected chi connectivity index (χ1v) is 9.04. The molecular weight excluding hydrogens is 368 g/mol. The number of nitrogens with zero attached hydrogens (tertiary/aromatic N) is 2. The van der Waals surface area contributed by atoms with Crippen molar-refractivity contribution in [1.29, 1.82) is 0 Å². The summed E-state index contributed by atoms with van der Waals surface area (Å²) in [7, 11) is 0. The fourth-order valence-electron chi connectivity index (χ4n) is 3.65. The minimum atomic E-state index is -1.10. The van der Waals surface area contributed by atoms with E-state index >= 15 is 0 Å². The smallest absolute Gasteiger partial charge is 0.313 e. The first kappa shape index (κ1) is 18.3. The Hall–Kier alpha value is -3.07. The molecule has 3 aliphatic heterocycles. The van der Waals surface area contributed by atoms with Crippen molar-refractivity contribution in [3.63, 3.8) is 0 Å². The zero-order chi connectivity index (χ0) is 19.8. The number of hydrogen-bond acceptors (Lipinski definition) is 7. The highest BCUT2D eigenvalue weighted by atomic mass is 16.6. The Bertz CT molecular complexity index is 840. The van der Waals surface area contributed by atoms with Gasteiger partial charge in [0.2, 0.25) is 5.91 Å². The highest BCUT2D eigenvalue weighted by Crippen LogP contribution is 2.29. The van der Waals surface area contributed by atoms with Gasteiger partial charge in [0.05, 0.1) is 23.7 Å². The molecule has 2 atom stereocenters. The van der Waals surface area contributed by atoms with Crippen LogP contribution in [0.15, 0.2) is 24.3 Å². The van der Waals surface area contributed by atoms with E-state index in [1.807, 2.05) is 0 Å². The quantitative estimate of drug-likeness (QED) is 0.542. The molecule has 9 heteroatoms. The molecule has 0 bridgehead atoms. The van der Waals surface area contributed by atoms with E-state index in [4.69, 9.17) is 9.47 Å². The molecule has 4 amide bonds. The molecule has 28 heavy (non-hydrogen) atoms. The largest absolute Gasteiger partial charge is 0.443 e. The van der Waals surface area contributed by atoms with E-state index in [1.54, 1.807) is 12.1 Å². The molecule has 0 radical (unpaired) electrons. The van der Waals surface area contributed by atoms with Crippen LogP contribution in [0.25, 0.3) is 0 Å². The Labute approximate surface area is 160 Å². The normalized spacial score (nSPS) is 24.7. The van der Waals surface area contributed by atoms with Crippen molar-refractivity contribution in [3.8, 4) is 0 Å². The molecule has 0 aliphatic carbocycles. The van der Waals surface area contributed by atoms with Crippen LogP contribution in [0, 0.1) is 5.92 Å². The molecule has 0 saturated carbocycles. The number of carbonyl (C=O) groups excluding carboxylic acids is 5. The molecule has 146 valence electrons. The van der Waals surface area contributed by atoms with Crippen molar-refractivity contribution in [1.82, 2.24) is 9.80 Å². The van der Waals surface area contributed by atoms with E-state index in [-0.39, 0.29) is 30.6 Å². The van der Waals surface area contributed by atoms with Crippen molar-refractivity contribution in [2.75, 3.05) is 19.9 Å². The third-order valence-electron chi connectivity index (χ3n) is 5.22. The number of likely N-dealkylation sites (tertiary alicyclic amines) is 1. The molecule has 3 heterocycles. The maximum atomic E-state index is 12.8. The van der Waals surface area contributed by atoms with Gasteiger partial charge in [-0.05, 0) is 25.0 Å². The van der Waals surface area contributed by atoms with Gasteiger partial charge in [-0.1, -0.05) is 12.1 Å². The van der Waals surface area contributed by atoms with Crippen LogP contribution < -0.4 is 0 Å². The third kappa shape index (κ3) is 2.97. The second kappa shape index (κ2) is 7.16. The highest BCUT2D eigenvalue weighted by Gasteiger charge is 2.47. The zero-order valence-electron chi connectivity index (χ0n) is 15.0. The standard InChI is InChI=1S/C19H18N2O7/c22-15-6-5-14(21-16(23)12-3-1-2-4-13(12)17(21)24)18(25)20(15)10-28-19(26)11-7-8-27-9-11/h1-4,11,14H,5-10H2. The second-order valence-corrected chi connectivity index (χ2v) is 6.89. The van der Waals surface area contributed by atoms with Crippen LogP contribution in [0.1, 0.15) is 40.0 Å². The van der Waals surface area contributed by atoms with Crippen LogP contribution in [-0.2, 0) is 23.9 Å². The Morgan fingerprint density at radius 1 is 1.07 bits per heavy atom. The molecule has 1 aromatic rings. The topological polar surface area (TPSA) is 110 Å². The molecule has 9 nitrogen and oxygen atoms in total. The molecule has 2 fully saturated rings. The minimum absolute atomic E-state index is 0.0338. The molecule has 1 aromatic carbocycles. The Morgan fingerprint density at radius 3 is 2.36 bits per heavy atom. The van der Waals surface area contributed by atoms with Crippen LogP contribution >= 0.6 is 0 Å². The lowest BCUT2D eigenvalue weighted by Crippen LogP contribution is -2.56. The summed E-state index contributed by atoms with van der Waals surface area (Å²) in [4.78, 5) is 64.0. The van der Waals surface area contributed by atoms with Crippen molar-refractivity contribution in [2.45, 2.75) is 25.3 Å². The van der Waals surface area contributed by atoms with E-state index in [0.29, 0.717) is 13.0 Å². The summed E-state index contributed by atoms with van der Waals surface area (Å²) >= 11 is 0. The van der Waals surface area contributed by atoms with Gasteiger partial charge in [-0.15, -0.1) is 0 Å². The Morgan fingerprint density at radius 2 is 1.75 bits per heavy atom. The highest BCUT2D eigenvalue weighted by molar-refractivity contribution is 6.23. The third-order valence-corrected chi connectivity index (χ3v) is 5.22. The second-order valence-electron chi connectivity index (χ2n) is 6.89. The molecule has 2 saturated heterocycles. The number of amides is 4. The van der Waals surface area contributed by atoms with Gasteiger partial charge >= 0.3 is 5.97 Å². The summed E-state index contributed by atoms with van der Waals surface area (Å²) in [5.74, 6) is -3.31. The number of ether oxygens (including phenoxy) is 2. The number of rotatable bonds is 4. The molecule has 0 N–H and O–H groups in total. The molecular formula is C19H18N2O7. The van der Waals surface area contributed by atoms with Crippen molar-refractivity contribution < 1.29 is 33.4 Å². The van der Waals surface area contributed by atoms with Gasteiger partial charge < -0.3 is 9.47 Å². The lowest BCUT2D eigenvalue weighted by Gasteiger charge is -2.34. The average molecular weight is 386 g/mol. The van der Waals surface area contributed by atoms with E-state index in [0.717, 1.165) is 9.80 Å². The first-order chi connectivity index (χ1) is 13.5. The maximum absolute atomic E-state index is 12.8. The summed E-state index contributed by atoms with van der Waals surface area (Å²) in [6.45, 7) is 0.175. The van der Waals surface area contributed by atoms with Gasteiger partial charge in [0.1, 0.15) is 6.04 Å². The Balaban J connectivity index is 1.48. The van der Waals surface area contributed by atoms with Crippen LogP contribution in [-0.4, -0.2) is 65.4 Å². The van der Waals surface area contributed by atoms with Crippen molar-refractivity contribution >= 4 is 29.6 Å². The lowest BCUT2D eigenvalue weighted by molar-refractivity contribution is -0.165. The number of piperidine rings is 1. The summed E-state index contributed by atoms with van der Waals surface area (Å²) < 4.78 is 10.2. The summed E-state index contributed by atoms with van der Waals surface area (Å²) in [6.07, 6.45) is 0.538. The van der Waals surface area contributed by atoms with Crippen molar-refractivity contribution in [3.05, 3.63) is 35.4 Å².